The summed E-state index contributed by atoms with van der Waals surface area (Å²) in [6.07, 6.45) is 2.29. The second-order valence-corrected chi connectivity index (χ2v) is 8.50. The molecule has 0 spiro atoms. The van der Waals surface area contributed by atoms with Crippen molar-refractivity contribution in [2.75, 3.05) is 6.54 Å². The Kier molecular flexibility index (Phi) is 5.73. The third-order valence-corrected chi connectivity index (χ3v) is 6.35. The number of phenolic OH excluding ortho intramolecular Hbond substituents is 1. The molecule has 5 rings (SSSR count). The van der Waals surface area contributed by atoms with Gasteiger partial charge in [0.25, 0.3) is 17.4 Å². The maximum absolute atomic E-state index is 13.2. The first-order valence-corrected chi connectivity index (χ1v) is 11.2. The van der Waals surface area contributed by atoms with E-state index in [9.17, 15) is 29.9 Å². The van der Waals surface area contributed by atoms with Gasteiger partial charge in [0.05, 0.1) is 16.5 Å². The Hall–Kier alpha value is -4.92. The van der Waals surface area contributed by atoms with Crippen molar-refractivity contribution in [2.45, 2.75) is 12.5 Å². The van der Waals surface area contributed by atoms with E-state index in [-0.39, 0.29) is 29.1 Å². The number of benzene rings is 3. The number of rotatable bonds is 6. The zero-order valence-electron chi connectivity index (χ0n) is 18.9. The second-order valence-electron chi connectivity index (χ2n) is 8.50. The Balaban J connectivity index is 1.58. The summed E-state index contributed by atoms with van der Waals surface area (Å²) in [4.78, 5) is 41.5. The number of para-hydroxylation sites is 1. The van der Waals surface area contributed by atoms with Crippen molar-refractivity contribution in [3.63, 3.8) is 0 Å². The van der Waals surface area contributed by atoms with E-state index >= 15 is 0 Å². The van der Waals surface area contributed by atoms with Gasteiger partial charge in [0.15, 0.2) is 0 Å². The Morgan fingerprint density at radius 2 is 1.81 bits per heavy atom. The number of nitrogens with zero attached hydrogens (tertiary/aromatic N) is 2. The van der Waals surface area contributed by atoms with Gasteiger partial charge in [-0.15, -0.1) is 0 Å². The number of aromatic hydroxyl groups is 1. The molecule has 1 aromatic heterocycles. The number of carbonyl (C=O) groups excluding carboxylic acids is 2. The molecule has 2 heterocycles. The number of hydrogen-bond donors (Lipinski definition) is 3. The topological polar surface area (TPSA) is 137 Å². The number of aromatic amines is 1. The molecule has 1 aliphatic heterocycles. The zero-order chi connectivity index (χ0) is 25.4. The zero-order valence-corrected chi connectivity index (χ0v) is 18.9. The van der Waals surface area contributed by atoms with Gasteiger partial charge in [-0.2, -0.15) is 0 Å². The van der Waals surface area contributed by atoms with E-state index < -0.39 is 28.4 Å². The molecule has 9 nitrogen and oxygen atoms in total. The molecule has 0 saturated carbocycles. The number of aliphatic hydroxyl groups excluding tert-OH is 1. The molecule has 1 unspecified atom stereocenters. The number of phenols is 1. The number of nitro groups is 1. The maximum Gasteiger partial charge on any atom is 0.295 e. The number of amides is 1. The number of non-ortho nitro benzene ring substituents is 1. The van der Waals surface area contributed by atoms with Crippen LogP contribution in [-0.2, 0) is 16.0 Å². The van der Waals surface area contributed by atoms with Crippen LogP contribution in [-0.4, -0.2) is 43.3 Å². The standard InChI is InChI=1S/C27H21N3O6/c31-20-8-4-5-16(14-20)24-23(25(32)17-6-3-7-19(13-17)30(35)36)26(33)27(34)29(24)12-11-18-15-28-22-10-2-1-9-21(18)22/h1-10,13-15,24,28,31-32H,11-12H2/b25-23+. The van der Waals surface area contributed by atoms with Crippen LogP contribution < -0.4 is 0 Å². The van der Waals surface area contributed by atoms with Crippen LogP contribution in [0.15, 0.2) is 84.6 Å². The highest BCUT2D eigenvalue weighted by molar-refractivity contribution is 6.46. The molecule has 1 aliphatic rings. The molecule has 0 radical (unpaired) electrons. The van der Waals surface area contributed by atoms with Gasteiger partial charge in [0.2, 0.25) is 0 Å². The summed E-state index contributed by atoms with van der Waals surface area (Å²) in [5.74, 6) is -2.27. The number of ketones is 1. The summed E-state index contributed by atoms with van der Waals surface area (Å²) >= 11 is 0. The molecular formula is C27H21N3O6. The van der Waals surface area contributed by atoms with Crippen LogP contribution in [0.4, 0.5) is 5.69 Å². The highest BCUT2D eigenvalue weighted by Crippen LogP contribution is 2.40. The smallest absolute Gasteiger partial charge is 0.295 e. The summed E-state index contributed by atoms with van der Waals surface area (Å²) in [5, 5.41) is 33.4. The first-order valence-electron chi connectivity index (χ1n) is 11.2. The number of nitrogens with one attached hydrogen (secondary N) is 1. The molecule has 3 N–H and O–H groups in total. The van der Waals surface area contributed by atoms with Gasteiger partial charge in [0.1, 0.15) is 11.5 Å². The molecule has 1 fully saturated rings. The van der Waals surface area contributed by atoms with E-state index in [1.807, 2.05) is 30.5 Å². The van der Waals surface area contributed by atoms with Crippen LogP contribution in [0.5, 0.6) is 5.75 Å². The van der Waals surface area contributed by atoms with Crippen LogP contribution in [0.1, 0.15) is 22.7 Å². The summed E-state index contributed by atoms with van der Waals surface area (Å²) in [6.45, 7) is 0.165. The summed E-state index contributed by atoms with van der Waals surface area (Å²) in [6, 6.07) is 18.1. The van der Waals surface area contributed by atoms with Gasteiger partial charge in [-0.25, -0.2) is 0 Å². The van der Waals surface area contributed by atoms with E-state index in [4.69, 9.17) is 0 Å². The van der Waals surface area contributed by atoms with Crippen molar-refractivity contribution in [3.05, 3.63) is 111 Å². The third kappa shape index (κ3) is 3.96. The maximum atomic E-state index is 13.2. The average Bonchev–Trinajstić information content (AvgIpc) is 3.40. The van der Waals surface area contributed by atoms with E-state index in [0.29, 0.717) is 12.0 Å². The molecule has 1 atom stereocenters. The Morgan fingerprint density at radius 1 is 1.03 bits per heavy atom. The number of likely N-dealkylation sites (tertiary alicyclic amines) is 1. The molecular weight excluding hydrogens is 462 g/mol. The lowest BCUT2D eigenvalue weighted by Crippen LogP contribution is -2.31. The van der Waals surface area contributed by atoms with Crippen molar-refractivity contribution in [3.8, 4) is 5.75 Å². The van der Waals surface area contributed by atoms with E-state index in [2.05, 4.69) is 4.98 Å². The molecule has 0 aliphatic carbocycles. The van der Waals surface area contributed by atoms with Crippen molar-refractivity contribution in [1.82, 2.24) is 9.88 Å². The van der Waals surface area contributed by atoms with Gasteiger partial charge >= 0.3 is 0 Å². The Morgan fingerprint density at radius 3 is 2.58 bits per heavy atom. The molecule has 9 heteroatoms. The van der Waals surface area contributed by atoms with E-state index in [1.54, 1.807) is 12.1 Å². The minimum atomic E-state index is -0.985. The average molecular weight is 483 g/mol. The van der Waals surface area contributed by atoms with Gasteiger partial charge in [-0.3, -0.25) is 19.7 Å². The number of fused-ring (bicyclic) bond motifs is 1. The summed E-state index contributed by atoms with van der Waals surface area (Å²) in [5.41, 5.74) is 1.93. The van der Waals surface area contributed by atoms with Gasteiger partial charge in [0, 0.05) is 41.3 Å². The van der Waals surface area contributed by atoms with Crippen LogP contribution in [0.3, 0.4) is 0 Å². The minimum absolute atomic E-state index is 0.0454. The lowest BCUT2D eigenvalue weighted by atomic mass is 9.95. The van der Waals surface area contributed by atoms with Crippen LogP contribution in [0.25, 0.3) is 16.7 Å². The predicted molar refractivity (Wildman–Crippen MR) is 132 cm³/mol. The minimum Gasteiger partial charge on any atom is -0.508 e. The number of Topliss-reactive ketones (excluding diaryl/α,β-unsaturated/α-hetero) is 1. The largest absolute Gasteiger partial charge is 0.508 e. The number of aromatic nitrogens is 1. The van der Waals surface area contributed by atoms with Crippen molar-refractivity contribution >= 4 is 34.0 Å². The SMILES string of the molecule is O=C1C(=O)N(CCc2c[nH]c3ccccc23)C(c2cccc(O)c2)/C1=C(\O)c1cccc([N+](=O)[O-])c1. The van der Waals surface area contributed by atoms with E-state index in [1.165, 1.54) is 35.2 Å². The fraction of sp³-hybridized carbons (Fsp3) is 0.111. The number of nitro benzene ring substituents is 1. The van der Waals surface area contributed by atoms with Crippen molar-refractivity contribution in [2.24, 2.45) is 0 Å². The second kappa shape index (κ2) is 9.03. The van der Waals surface area contributed by atoms with Crippen LogP contribution in [0, 0.1) is 10.1 Å². The number of carbonyl (C=O) groups is 2. The third-order valence-electron chi connectivity index (χ3n) is 6.35. The molecule has 4 aromatic rings. The van der Waals surface area contributed by atoms with Gasteiger partial charge < -0.3 is 20.1 Å². The van der Waals surface area contributed by atoms with E-state index in [0.717, 1.165) is 22.5 Å². The Bertz CT molecular complexity index is 1550. The number of H-pyrrole nitrogens is 1. The highest BCUT2D eigenvalue weighted by atomic mass is 16.6. The highest BCUT2D eigenvalue weighted by Gasteiger charge is 2.46. The molecule has 0 bridgehead atoms. The summed E-state index contributed by atoms with van der Waals surface area (Å²) < 4.78 is 0. The normalized spacial score (nSPS) is 17.1. The fourth-order valence-corrected chi connectivity index (χ4v) is 4.65. The number of aliphatic hydroxyl groups is 1. The molecule has 36 heavy (non-hydrogen) atoms. The van der Waals surface area contributed by atoms with Gasteiger partial charge in [-0.05, 0) is 35.7 Å². The fourth-order valence-electron chi connectivity index (χ4n) is 4.65. The molecule has 180 valence electrons. The Labute approximate surface area is 205 Å². The lowest BCUT2D eigenvalue weighted by molar-refractivity contribution is -0.384. The lowest BCUT2D eigenvalue weighted by Gasteiger charge is -2.25. The van der Waals surface area contributed by atoms with Gasteiger partial charge in [-0.1, -0.05) is 42.5 Å². The van der Waals surface area contributed by atoms with Crippen LogP contribution >= 0.6 is 0 Å². The molecule has 1 amide bonds. The number of hydrogen-bond acceptors (Lipinski definition) is 6. The monoisotopic (exact) mass is 483 g/mol. The van der Waals surface area contributed by atoms with Crippen LogP contribution in [0.2, 0.25) is 0 Å². The van der Waals surface area contributed by atoms with Crippen molar-refractivity contribution < 1.29 is 24.7 Å². The first kappa shape index (κ1) is 22.9. The quantitative estimate of drug-likeness (QED) is 0.122. The first-order chi connectivity index (χ1) is 17.3. The predicted octanol–water partition coefficient (Wildman–Crippen LogP) is 4.45. The molecule has 1 saturated heterocycles. The summed E-state index contributed by atoms with van der Waals surface area (Å²) in [7, 11) is 0. The van der Waals surface area contributed by atoms with Crippen molar-refractivity contribution in [1.29, 1.82) is 0 Å². The molecule has 3 aromatic carbocycles.